The maximum atomic E-state index is 5.20. The summed E-state index contributed by atoms with van der Waals surface area (Å²) in [5.74, 6) is 2.69. The molecule has 0 bridgehead atoms. The summed E-state index contributed by atoms with van der Waals surface area (Å²) in [5.41, 5.74) is 0. The molecule has 0 aliphatic heterocycles. The fraction of sp³-hybridized carbons (Fsp3) is 0.857. The van der Waals surface area contributed by atoms with Crippen molar-refractivity contribution in [2.24, 2.45) is 0 Å². The summed E-state index contributed by atoms with van der Waals surface area (Å²) in [6.07, 6.45) is 15.4. The molecule has 0 saturated carbocycles. The van der Waals surface area contributed by atoms with Gasteiger partial charge in [0.05, 0.1) is 0 Å². The second-order valence-corrected chi connectivity index (χ2v) is 4.38. The van der Waals surface area contributed by atoms with Crippen molar-refractivity contribution in [3.63, 3.8) is 0 Å². The normalized spacial score (nSPS) is 10.5. The van der Waals surface area contributed by atoms with Crippen LogP contribution in [0, 0.1) is 12.3 Å². The predicted octanol–water partition coefficient (Wildman–Crippen LogP) is 3.69. The molecule has 0 fully saturated rings. The zero-order valence-corrected chi connectivity index (χ0v) is 10.6. The predicted molar refractivity (Wildman–Crippen MR) is 68.9 cm³/mol. The second kappa shape index (κ2) is 11.6. The molecule has 0 aliphatic rings. The average molecular weight is 209 g/mol. The van der Waals surface area contributed by atoms with Crippen LogP contribution in [0.15, 0.2) is 0 Å². The van der Waals surface area contributed by atoms with Gasteiger partial charge in [0.15, 0.2) is 0 Å². The van der Waals surface area contributed by atoms with Crippen LogP contribution in [0.2, 0.25) is 0 Å². The summed E-state index contributed by atoms with van der Waals surface area (Å²) in [4.78, 5) is 2.43. The summed E-state index contributed by atoms with van der Waals surface area (Å²) in [6, 6.07) is 0. The number of hydrogen-bond donors (Lipinski definition) is 0. The highest BCUT2D eigenvalue weighted by atomic mass is 15.1. The molecular weight excluding hydrogens is 182 g/mol. The lowest BCUT2D eigenvalue weighted by molar-refractivity contribution is 0.324. The van der Waals surface area contributed by atoms with Gasteiger partial charge in [-0.1, -0.05) is 32.6 Å². The monoisotopic (exact) mass is 209 g/mol. The van der Waals surface area contributed by atoms with Crippen LogP contribution in [0.4, 0.5) is 0 Å². The third kappa shape index (κ3) is 11.4. The fourth-order valence-electron chi connectivity index (χ4n) is 1.81. The van der Waals surface area contributed by atoms with Crippen LogP contribution in [0.1, 0.15) is 58.3 Å². The molecule has 1 heteroatoms. The molecular formula is C14H27N. The van der Waals surface area contributed by atoms with Gasteiger partial charge in [0.1, 0.15) is 0 Å². The smallest absolute Gasteiger partial charge is 0.00860 e. The van der Waals surface area contributed by atoms with Gasteiger partial charge in [0.2, 0.25) is 0 Å². The van der Waals surface area contributed by atoms with Crippen LogP contribution in [-0.2, 0) is 0 Å². The Morgan fingerprint density at radius 3 is 2.13 bits per heavy atom. The molecule has 0 atom stereocenters. The van der Waals surface area contributed by atoms with Gasteiger partial charge < -0.3 is 4.90 Å². The molecule has 0 aromatic carbocycles. The minimum atomic E-state index is 0.958. The highest BCUT2D eigenvalue weighted by molar-refractivity contribution is 4.82. The molecule has 0 unspecified atom stereocenters. The van der Waals surface area contributed by atoms with Gasteiger partial charge in [-0.3, -0.25) is 0 Å². The Bertz CT molecular complexity index is 157. The van der Waals surface area contributed by atoms with Gasteiger partial charge in [-0.2, -0.15) is 0 Å². The molecule has 0 radical (unpaired) electrons. The molecule has 15 heavy (non-hydrogen) atoms. The fourth-order valence-corrected chi connectivity index (χ4v) is 1.81. The van der Waals surface area contributed by atoms with Crippen molar-refractivity contribution < 1.29 is 0 Å². The van der Waals surface area contributed by atoms with Crippen molar-refractivity contribution in [3.8, 4) is 12.3 Å². The van der Waals surface area contributed by atoms with E-state index < -0.39 is 0 Å². The maximum absolute atomic E-state index is 5.20. The van der Waals surface area contributed by atoms with Crippen molar-refractivity contribution in [2.45, 2.75) is 58.3 Å². The zero-order valence-electron chi connectivity index (χ0n) is 10.6. The van der Waals surface area contributed by atoms with Crippen molar-refractivity contribution >= 4 is 0 Å². The lowest BCUT2D eigenvalue weighted by Crippen LogP contribution is -2.20. The van der Waals surface area contributed by atoms with Crippen molar-refractivity contribution in [1.29, 1.82) is 0 Å². The average Bonchev–Trinajstić information content (AvgIpc) is 2.22. The molecule has 0 aliphatic carbocycles. The van der Waals surface area contributed by atoms with E-state index in [0.717, 1.165) is 6.42 Å². The van der Waals surface area contributed by atoms with E-state index in [1.165, 1.54) is 58.0 Å². The molecule has 0 N–H and O–H groups in total. The highest BCUT2D eigenvalue weighted by Crippen LogP contribution is 2.07. The lowest BCUT2D eigenvalue weighted by Gasteiger charge is -2.14. The van der Waals surface area contributed by atoms with Crippen LogP contribution in [0.25, 0.3) is 0 Å². The highest BCUT2D eigenvalue weighted by Gasteiger charge is 1.96. The standard InChI is InChI=1S/C14H27N/c1-4-6-7-8-9-10-11-12-14-15(3)13-5-2/h1H,5-14H2,2-3H3. The first-order valence-corrected chi connectivity index (χ1v) is 6.43. The summed E-state index contributed by atoms with van der Waals surface area (Å²) in [6.45, 7) is 4.74. The first kappa shape index (κ1) is 14.5. The molecule has 0 rings (SSSR count). The molecule has 0 spiro atoms. The first-order valence-electron chi connectivity index (χ1n) is 6.43. The molecule has 0 saturated heterocycles. The van der Waals surface area contributed by atoms with E-state index in [4.69, 9.17) is 6.42 Å². The van der Waals surface area contributed by atoms with Gasteiger partial charge in [-0.15, -0.1) is 12.3 Å². The Morgan fingerprint density at radius 1 is 0.933 bits per heavy atom. The Kier molecular flexibility index (Phi) is 11.2. The lowest BCUT2D eigenvalue weighted by atomic mass is 10.1. The van der Waals surface area contributed by atoms with E-state index >= 15 is 0 Å². The Labute approximate surface area is 96.2 Å². The number of nitrogens with zero attached hydrogens (tertiary/aromatic N) is 1. The van der Waals surface area contributed by atoms with E-state index in [1.807, 2.05) is 0 Å². The minimum absolute atomic E-state index is 0.958. The number of rotatable bonds is 10. The maximum Gasteiger partial charge on any atom is 0.00860 e. The van der Waals surface area contributed by atoms with E-state index in [2.05, 4.69) is 24.8 Å². The van der Waals surface area contributed by atoms with Crippen LogP contribution in [0.3, 0.4) is 0 Å². The van der Waals surface area contributed by atoms with Crippen LogP contribution in [-0.4, -0.2) is 25.0 Å². The minimum Gasteiger partial charge on any atom is -0.306 e. The second-order valence-electron chi connectivity index (χ2n) is 4.38. The van der Waals surface area contributed by atoms with Gasteiger partial charge in [0, 0.05) is 6.42 Å². The van der Waals surface area contributed by atoms with Crippen LogP contribution < -0.4 is 0 Å². The van der Waals surface area contributed by atoms with E-state index in [1.54, 1.807) is 0 Å². The molecule has 0 aromatic rings. The number of terminal acetylenes is 1. The molecule has 88 valence electrons. The first-order chi connectivity index (χ1) is 7.31. The van der Waals surface area contributed by atoms with Crippen LogP contribution in [0.5, 0.6) is 0 Å². The largest absolute Gasteiger partial charge is 0.306 e. The van der Waals surface area contributed by atoms with Gasteiger partial charge >= 0.3 is 0 Å². The molecule has 0 amide bonds. The van der Waals surface area contributed by atoms with Crippen LogP contribution >= 0.6 is 0 Å². The van der Waals surface area contributed by atoms with E-state index in [0.29, 0.717) is 0 Å². The van der Waals surface area contributed by atoms with E-state index in [-0.39, 0.29) is 0 Å². The Balaban J connectivity index is 3.02. The summed E-state index contributed by atoms with van der Waals surface area (Å²) in [7, 11) is 2.22. The van der Waals surface area contributed by atoms with Crippen molar-refractivity contribution in [2.75, 3.05) is 20.1 Å². The zero-order chi connectivity index (χ0) is 11.4. The Morgan fingerprint density at radius 2 is 1.53 bits per heavy atom. The molecule has 1 nitrogen and oxygen atoms in total. The third-order valence-corrected chi connectivity index (χ3v) is 2.72. The number of unbranched alkanes of at least 4 members (excludes halogenated alkanes) is 6. The van der Waals surface area contributed by atoms with Gasteiger partial charge in [0.25, 0.3) is 0 Å². The summed E-state index contributed by atoms with van der Waals surface area (Å²) < 4.78 is 0. The topological polar surface area (TPSA) is 3.24 Å². The Hall–Kier alpha value is -0.480. The van der Waals surface area contributed by atoms with Gasteiger partial charge in [-0.05, 0) is 39.4 Å². The third-order valence-electron chi connectivity index (χ3n) is 2.72. The molecule has 0 aromatic heterocycles. The number of hydrogen-bond acceptors (Lipinski definition) is 1. The van der Waals surface area contributed by atoms with Gasteiger partial charge in [-0.25, -0.2) is 0 Å². The quantitative estimate of drug-likeness (QED) is 0.392. The SMILES string of the molecule is C#CCCCCCCCCN(C)CCC. The van der Waals surface area contributed by atoms with E-state index in [9.17, 15) is 0 Å². The van der Waals surface area contributed by atoms with Crippen molar-refractivity contribution in [1.82, 2.24) is 4.90 Å². The van der Waals surface area contributed by atoms with Crippen molar-refractivity contribution in [3.05, 3.63) is 0 Å². The molecule has 0 heterocycles. The summed E-state index contributed by atoms with van der Waals surface area (Å²) >= 11 is 0. The summed E-state index contributed by atoms with van der Waals surface area (Å²) in [5, 5.41) is 0.